The Morgan fingerprint density at radius 1 is 1.04 bits per heavy atom. The molecule has 25 heavy (non-hydrogen) atoms. The number of hydrogen-bond acceptors (Lipinski definition) is 4. The fraction of sp³-hybridized carbons (Fsp3) is 0.450. The maximum absolute atomic E-state index is 4.39. The number of aromatic amines is 1. The van der Waals surface area contributed by atoms with Gasteiger partial charge in [-0.25, -0.2) is 9.97 Å². The zero-order valence-corrected chi connectivity index (χ0v) is 14.5. The van der Waals surface area contributed by atoms with Crippen molar-refractivity contribution in [2.45, 2.75) is 51.0 Å². The first-order valence-corrected chi connectivity index (χ1v) is 9.33. The summed E-state index contributed by atoms with van der Waals surface area (Å²) in [5.41, 5.74) is 2.26. The number of benzene rings is 1. The third-order valence-corrected chi connectivity index (χ3v) is 5.36. The second-order valence-electron chi connectivity index (χ2n) is 7.09. The summed E-state index contributed by atoms with van der Waals surface area (Å²) in [5, 5.41) is 11.5. The molecule has 2 heterocycles. The molecule has 1 fully saturated rings. The Morgan fingerprint density at radius 2 is 1.88 bits per heavy atom. The Morgan fingerprint density at radius 3 is 2.72 bits per heavy atom. The summed E-state index contributed by atoms with van der Waals surface area (Å²) in [5.74, 6) is 1.78. The number of nitrogens with one attached hydrogen (secondary N) is 2. The number of hydrogen-bond donors (Lipinski definition) is 2. The van der Waals surface area contributed by atoms with Gasteiger partial charge in [0.2, 0.25) is 0 Å². The van der Waals surface area contributed by atoms with E-state index in [1.54, 1.807) is 12.5 Å². The number of aryl methyl sites for hydroxylation is 1. The van der Waals surface area contributed by atoms with E-state index >= 15 is 0 Å². The van der Waals surface area contributed by atoms with Crippen molar-refractivity contribution in [2.75, 3.05) is 5.32 Å². The quantitative estimate of drug-likeness (QED) is 0.703. The molecule has 2 aromatic heterocycles. The Hall–Kier alpha value is -2.43. The lowest BCUT2D eigenvalue weighted by molar-refractivity contribution is 0.315. The SMILES string of the molecule is c1ccc(CCC[C@H]2CC[C@H](Nc3ncnc4[nH]ncc34)CC2)cc1. The summed E-state index contributed by atoms with van der Waals surface area (Å²) >= 11 is 0. The first-order chi connectivity index (χ1) is 12.4. The lowest BCUT2D eigenvalue weighted by Gasteiger charge is -2.29. The van der Waals surface area contributed by atoms with Gasteiger partial charge in [0.25, 0.3) is 0 Å². The van der Waals surface area contributed by atoms with Crippen molar-refractivity contribution in [3.8, 4) is 0 Å². The Balaban J connectivity index is 1.24. The summed E-state index contributed by atoms with van der Waals surface area (Å²) in [6, 6.07) is 11.3. The molecule has 0 atom stereocenters. The van der Waals surface area contributed by atoms with Crippen LogP contribution < -0.4 is 5.32 Å². The largest absolute Gasteiger partial charge is 0.367 e. The van der Waals surface area contributed by atoms with Crippen molar-refractivity contribution in [3.05, 3.63) is 48.4 Å². The normalized spacial score (nSPS) is 20.6. The molecular weight excluding hydrogens is 310 g/mol. The van der Waals surface area contributed by atoms with Gasteiger partial charge in [-0.2, -0.15) is 5.10 Å². The van der Waals surface area contributed by atoms with Crippen molar-refractivity contribution in [1.29, 1.82) is 0 Å². The summed E-state index contributed by atoms with van der Waals surface area (Å²) in [7, 11) is 0. The van der Waals surface area contributed by atoms with Crippen LogP contribution in [0.15, 0.2) is 42.9 Å². The first-order valence-electron chi connectivity index (χ1n) is 9.33. The highest BCUT2D eigenvalue weighted by atomic mass is 15.2. The molecule has 1 aliphatic carbocycles. The molecule has 0 spiro atoms. The fourth-order valence-corrected chi connectivity index (χ4v) is 3.91. The van der Waals surface area contributed by atoms with Crippen LogP contribution in [0.1, 0.15) is 44.1 Å². The molecule has 130 valence electrons. The smallest absolute Gasteiger partial charge is 0.160 e. The van der Waals surface area contributed by atoms with E-state index in [-0.39, 0.29) is 0 Å². The van der Waals surface area contributed by atoms with E-state index in [1.165, 1.54) is 50.5 Å². The van der Waals surface area contributed by atoms with Crippen LogP contribution in [-0.2, 0) is 6.42 Å². The van der Waals surface area contributed by atoms with Crippen LogP contribution in [0.5, 0.6) is 0 Å². The molecule has 5 nitrogen and oxygen atoms in total. The summed E-state index contributed by atoms with van der Waals surface area (Å²) in [6.07, 6.45) is 12.3. The van der Waals surface area contributed by atoms with Gasteiger partial charge >= 0.3 is 0 Å². The van der Waals surface area contributed by atoms with E-state index in [1.807, 2.05) is 0 Å². The molecule has 0 aliphatic heterocycles. The van der Waals surface area contributed by atoms with Crippen LogP contribution in [0.2, 0.25) is 0 Å². The molecule has 0 saturated heterocycles. The lowest BCUT2D eigenvalue weighted by atomic mass is 9.83. The average molecular weight is 335 g/mol. The molecule has 0 radical (unpaired) electrons. The zero-order chi connectivity index (χ0) is 16.9. The van der Waals surface area contributed by atoms with Gasteiger partial charge in [-0.05, 0) is 50.0 Å². The Bertz CT molecular complexity index is 790. The van der Waals surface area contributed by atoms with Crippen molar-refractivity contribution < 1.29 is 0 Å². The average Bonchev–Trinajstić information content (AvgIpc) is 3.14. The summed E-state index contributed by atoms with van der Waals surface area (Å²) in [6.45, 7) is 0. The second kappa shape index (κ2) is 7.64. The van der Waals surface area contributed by atoms with Gasteiger partial charge in [0.15, 0.2) is 5.65 Å². The Labute approximate surface area is 148 Å². The molecule has 1 saturated carbocycles. The van der Waals surface area contributed by atoms with Crippen molar-refractivity contribution in [1.82, 2.24) is 20.2 Å². The van der Waals surface area contributed by atoms with Gasteiger partial charge in [0.1, 0.15) is 12.1 Å². The van der Waals surface area contributed by atoms with Gasteiger partial charge in [0, 0.05) is 6.04 Å². The van der Waals surface area contributed by atoms with E-state index in [0.717, 1.165) is 22.8 Å². The van der Waals surface area contributed by atoms with Crippen LogP contribution in [0.3, 0.4) is 0 Å². The number of fused-ring (bicyclic) bond motifs is 1. The maximum atomic E-state index is 4.39. The molecular formula is C20H25N5. The maximum Gasteiger partial charge on any atom is 0.160 e. The van der Waals surface area contributed by atoms with Crippen molar-refractivity contribution in [3.63, 3.8) is 0 Å². The molecule has 2 N–H and O–H groups in total. The highest BCUT2D eigenvalue weighted by molar-refractivity contribution is 5.85. The molecule has 0 unspecified atom stereocenters. The molecule has 1 aliphatic rings. The number of H-pyrrole nitrogens is 1. The van der Waals surface area contributed by atoms with E-state index in [2.05, 4.69) is 55.8 Å². The monoisotopic (exact) mass is 335 g/mol. The van der Waals surface area contributed by atoms with Crippen LogP contribution in [-0.4, -0.2) is 26.2 Å². The van der Waals surface area contributed by atoms with Crippen molar-refractivity contribution >= 4 is 16.9 Å². The topological polar surface area (TPSA) is 66.5 Å². The van der Waals surface area contributed by atoms with Crippen LogP contribution in [0, 0.1) is 5.92 Å². The summed E-state index contributed by atoms with van der Waals surface area (Å²) in [4.78, 5) is 8.59. The minimum Gasteiger partial charge on any atom is -0.367 e. The zero-order valence-electron chi connectivity index (χ0n) is 14.5. The number of anilines is 1. The van der Waals surface area contributed by atoms with E-state index < -0.39 is 0 Å². The first kappa shape index (κ1) is 16.1. The predicted octanol–water partition coefficient (Wildman–Crippen LogP) is 4.35. The van der Waals surface area contributed by atoms with Crippen LogP contribution in [0.25, 0.3) is 11.0 Å². The van der Waals surface area contributed by atoms with Crippen LogP contribution >= 0.6 is 0 Å². The number of nitrogens with zero attached hydrogens (tertiary/aromatic N) is 3. The molecule has 1 aromatic carbocycles. The molecule has 3 aromatic rings. The van der Waals surface area contributed by atoms with Crippen LogP contribution in [0.4, 0.5) is 5.82 Å². The number of rotatable bonds is 6. The van der Waals surface area contributed by atoms with E-state index in [0.29, 0.717) is 6.04 Å². The molecule has 0 bridgehead atoms. The lowest BCUT2D eigenvalue weighted by Crippen LogP contribution is -2.26. The number of aromatic nitrogens is 4. The minimum atomic E-state index is 0.512. The summed E-state index contributed by atoms with van der Waals surface area (Å²) < 4.78 is 0. The molecule has 5 heteroatoms. The van der Waals surface area contributed by atoms with E-state index in [9.17, 15) is 0 Å². The highest BCUT2D eigenvalue weighted by Crippen LogP contribution is 2.30. The van der Waals surface area contributed by atoms with Gasteiger partial charge in [-0.3, -0.25) is 5.10 Å². The third kappa shape index (κ3) is 3.98. The van der Waals surface area contributed by atoms with E-state index in [4.69, 9.17) is 0 Å². The molecule has 4 rings (SSSR count). The van der Waals surface area contributed by atoms with Crippen molar-refractivity contribution in [2.24, 2.45) is 5.92 Å². The van der Waals surface area contributed by atoms with Gasteiger partial charge < -0.3 is 5.32 Å². The Kier molecular flexibility index (Phi) is 4.91. The fourth-order valence-electron chi connectivity index (χ4n) is 3.91. The van der Waals surface area contributed by atoms with Gasteiger partial charge in [-0.15, -0.1) is 0 Å². The standard InChI is InChI=1S/C20H25N5/c1-2-5-15(6-3-1)7-4-8-16-9-11-17(12-10-16)24-19-18-13-23-25-20(18)22-14-21-19/h1-3,5-6,13-14,16-17H,4,7-12H2,(H2,21,22,23,24,25)/t16-,17-. The highest BCUT2D eigenvalue weighted by Gasteiger charge is 2.21. The molecule has 0 amide bonds. The predicted molar refractivity (Wildman–Crippen MR) is 100 cm³/mol. The van der Waals surface area contributed by atoms with Gasteiger partial charge in [-0.1, -0.05) is 36.8 Å². The second-order valence-corrected chi connectivity index (χ2v) is 7.09. The minimum absolute atomic E-state index is 0.512. The van der Waals surface area contributed by atoms with Gasteiger partial charge in [0.05, 0.1) is 11.6 Å². The third-order valence-electron chi connectivity index (χ3n) is 5.36.